The predicted molar refractivity (Wildman–Crippen MR) is 49.3 cm³/mol. The molecule has 0 spiro atoms. The van der Waals surface area contributed by atoms with E-state index in [1.807, 2.05) is 0 Å². The summed E-state index contributed by atoms with van der Waals surface area (Å²) in [6.45, 7) is 0. The molecule has 80 valence electrons. The molecule has 7 nitrogen and oxygen atoms in total. The Morgan fingerprint density at radius 2 is 1.93 bits per heavy atom. The summed E-state index contributed by atoms with van der Waals surface area (Å²) in [7, 11) is 0. The SMILES string of the molecule is O=C(O)C[C@H](Nc1ncccn1)C(=O)O. The summed E-state index contributed by atoms with van der Waals surface area (Å²) in [6.07, 6.45) is 2.32. The van der Waals surface area contributed by atoms with Gasteiger partial charge in [0.05, 0.1) is 6.42 Å². The quantitative estimate of drug-likeness (QED) is 0.618. The van der Waals surface area contributed by atoms with E-state index in [0.717, 1.165) is 0 Å². The second-order valence-corrected chi connectivity index (χ2v) is 2.71. The number of aromatic nitrogens is 2. The number of carboxylic acids is 2. The van der Waals surface area contributed by atoms with Crippen molar-refractivity contribution in [1.82, 2.24) is 9.97 Å². The topological polar surface area (TPSA) is 112 Å². The van der Waals surface area contributed by atoms with Crippen molar-refractivity contribution in [2.24, 2.45) is 0 Å². The van der Waals surface area contributed by atoms with Crippen molar-refractivity contribution >= 4 is 17.9 Å². The first-order valence-electron chi connectivity index (χ1n) is 4.07. The third kappa shape index (κ3) is 3.59. The highest BCUT2D eigenvalue weighted by molar-refractivity contribution is 5.82. The molecular formula is C8H9N3O4. The molecule has 3 N–H and O–H groups in total. The van der Waals surface area contributed by atoms with Crippen LogP contribution in [-0.4, -0.2) is 38.2 Å². The summed E-state index contributed by atoms with van der Waals surface area (Å²) in [5.41, 5.74) is 0. The maximum Gasteiger partial charge on any atom is 0.326 e. The van der Waals surface area contributed by atoms with E-state index in [9.17, 15) is 9.59 Å². The van der Waals surface area contributed by atoms with Crippen LogP contribution in [0.4, 0.5) is 5.95 Å². The molecule has 15 heavy (non-hydrogen) atoms. The van der Waals surface area contributed by atoms with Crippen LogP contribution >= 0.6 is 0 Å². The average Bonchev–Trinajstić information content (AvgIpc) is 2.17. The number of hydrogen-bond acceptors (Lipinski definition) is 5. The van der Waals surface area contributed by atoms with Crippen molar-refractivity contribution < 1.29 is 19.8 Å². The van der Waals surface area contributed by atoms with Gasteiger partial charge in [0.25, 0.3) is 0 Å². The summed E-state index contributed by atoms with van der Waals surface area (Å²) in [6, 6.07) is 0.336. The van der Waals surface area contributed by atoms with Crippen LogP contribution in [0.3, 0.4) is 0 Å². The number of nitrogens with one attached hydrogen (secondary N) is 1. The van der Waals surface area contributed by atoms with Gasteiger partial charge in [0.15, 0.2) is 0 Å². The van der Waals surface area contributed by atoms with Gasteiger partial charge in [-0.2, -0.15) is 0 Å². The zero-order valence-electron chi connectivity index (χ0n) is 7.62. The second kappa shape index (κ2) is 4.89. The summed E-state index contributed by atoms with van der Waals surface area (Å²) in [5, 5.41) is 19.6. The van der Waals surface area contributed by atoms with Crippen LogP contribution in [0.1, 0.15) is 6.42 Å². The smallest absolute Gasteiger partial charge is 0.326 e. The Labute approximate surface area is 84.8 Å². The standard InChI is InChI=1S/C8H9N3O4/c12-6(13)4-5(7(14)15)11-8-9-2-1-3-10-8/h1-3,5H,4H2,(H,12,13)(H,14,15)(H,9,10,11)/t5-/m0/s1. The maximum atomic E-state index is 10.7. The third-order valence-electron chi connectivity index (χ3n) is 1.55. The Bertz CT molecular complexity index is 354. The monoisotopic (exact) mass is 211 g/mol. The molecule has 0 amide bonds. The zero-order chi connectivity index (χ0) is 11.3. The summed E-state index contributed by atoms with van der Waals surface area (Å²) < 4.78 is 0. The second-order valence-electron chi connectivity index (χ2n) is 2.71. The minimum atomic E-state index is -1.26. The van der Waals surface area contributed by atoms with Gasteiger partial charge in [0.2, 0.25) is 5.95 Å². The van der Waals surface area contributed by atoms with E-state index in [4.69, 9.17) is 10.2 Å². The largest absolute Gasteiger partial charge is 0.481 e. The Hall–Kier alpha value is -2.18. The normalized spacial score (nSPS) is 11.7. The molecule has 1 atom stereocenters. The molecule has 0 aliphatic carbocycles. The molecule has 1 rings (SSSR count). The number of carboxylic acid groups (broad SMARTS) is 2. The lowest BCUT2D eigenvalue weighted by atomic mass is 10.2. The lowest BCUT2D eigenvalue weighted by Gasteiger charge is -2.11. The van der Waals surface area contributed by atoms with Gasteiger partial charge in [-0.1, -0.05) is 0 Å². The van der Waals surface area contributed by atoms with Gasteiger partial charge in [-0.25, -0.2) is 14.8 Å². The molecule has 0 aliphatic heterocycles. The van der Waals surface area contributed by atoms with Crippen molar-refractivity contribution in [2.45, 2.75) is 12.5 Å². The molecule has 1 aromatic heterocycles. The van der Waals surface area contributed by atoms with Gasteiger partial charge in [-0.05, 0) is 6.07 Å². The highest BCUT2D eigenvalue weighted by atomic mass is 16.4. The molecule has 1 heterocycles. The van der Waals surface area contributed by atoms with Crippen LogP contribution in [0.2, 0.25) is 0 Å². The van der Waals surface area contributed by atoms with Gasteiger partial charge in [-0.3, -0.25) is 4.79 Å². The van der Waals surface area contributed by atoms with Crippen LogP contribution < -0.4 is 5.32 Å². The third-order valence-corrected chi connectivity index (χ3v) is 1.55. The molecule has 0 unspecified atom stereocenters. The number of rotatable bonds is 5. The predicted octanol–water partition coefficient (Wildman–Crippen LogP) is -0.184. The van der Waals surface area contributed by atoms with Crippen molar-refractivity contribution in [3.63, 3.8) is 0 Å². The number of nitrogens with zero attached hydrogens (tertiary/aromatic N) is 2. The van der Waals surface area contributed by atoms with E-state index in [1.165, 1.54) is 12.4 Å². The van der Waals surface area contributed by atoms with Crippen molar-refractivity contribution in [1.29, 1.82) is 0 Å². The number of hydrogen-bond donors (Lipinski definition) is 3. The summed E-state index contributed by atoms with van der Waals surface area (Å²) in [4.78, 5) is 28.5. The fraction of sp³-hybridized carbons (Fsp3) is 0.250. The Morgan fingerprint density at radius 3 is 2.40 bits per heavy atom. The lowest BCUT2D eigenvalue weighted by molar-refractivity contribution is -0.144. The van der Waals surface area contributed by atoms with Crippen molar-refractivity contribution in [2.75, 3.05) is 5.32 Å². The first-order chi connectivity index (χ1) is 7.09. The molecule has 0 aromatic carbocycles. The van der Waals surface area contributed by atoms with Crippen LogP contribution in [0.5, 0.6) is 0 Å². The molecule has 0 saturated carbocycles. The summed E-state index contributed by atoms with van der Waals surface area (Å²) in [5.74, 6) is -2.37. The average molecular weight is 211 g/mol. The molecule has 0 radical (unpaired) electrons. The van der Waals surface area contributed by atoms with Gasteiger partial charge in [-0.15, -0.1) is 0 Å². The van der Waals surface area contributed by atoms with E-state index in [2.05, 4.69) is 15.3 Å². The van der Waals surface area contributed by atoms with E-state index >= 15 is 0 Å². The van der Waals surface area contributed by atoms with Crippen LogP contribution in [0, 0.1) is 0 Å². The Balaban J connectivity index is 2.67. The molecule has 0 aliphatic rings. The Kier molecular flexibility index (Phi) is 3.55. The Morgan fingerprint density at radius 1 is 1.33 bits per heavy atom. The van der Waals surface area contributed by atoms with E-state index < -0.39 is 24.4 Å². The van der Waals surface area contributed by atoms with Crippen LogP contribution in [-0.2, 0) is 9.59 Å². The maximum absolute atomic E-state index is 10.7. The van der Waals surface area contributed by atoms with Crippen molar-refractivity contribution in [3.8, 4) is 0 Å². The number of anilines is 1. The van der Waals surface area contributed by atoms with Gasteiger partial charge in [0, 0.05) is 12.4 Å². The molecule has 1 aromatic rings. The molecule has 0 fully saturated rings. The zero-order valence-corrected chi connectivity index (χ0v) is 7.62. The first kappa shape index (κ1) is 10.9. The highest BCUT2D eigenvalue weighted by Gasteiger charge is 2.21. The van der Waals surface area contributed by atoms with E-state index in [0.29, 0.717) is 0 Å². The lowest BCUT2D eigenvalue weighted by Crippen LogP contribution is -2.32. The van der Waals surface area contributed by atoms with Crippen LogP contribution in [0.25, 0.3) is 0 Å². The fourth-order valence-electron chi connectivity index (χ4n) is 0.904. The van der Waals surface area contributed by atoms with Crippen LogP contribution in [0.15, 0.2) is 18.5 Å². The molecule has 7 heteroatoms. The molecular weight excluding hydrogens is 202 g/mol. The van der Waals surface area contributed by atoms with Gasteiger partial charge >= 0.3 is 11.9 Å². The van der Waals surface area contributed by atoms with E-state index in [1.54, 1.807) is 6.07 Å². The van der Waals surface area contributed by atoms with E-state index in [-0.39, 0.29) is 5.95 Å². The molecule has 0 bridgehead atoms. The van der Waals surface area contributed by atoms with Gasteiger partial charge in [0.1, 0.15) is 6.04 Å². The van der Waals surface area contributed by atoms with Gasteiger partial charge < -0.3 is 15.5 Å². The summed E-state index contributed by atoms with van der Waals surface area (Å²) >= 11 is 0. The first-order valence-corrected chi connectivity index (χ1v) is 4.07. The minimum absolute atomic E-state index is 0.0890. The molecule has 0 saturated heterocycles. The number of carbonyl (C=O) groups is 2. The van der Waals surface area contributed by atoms with Crippen molar-refractivity contribution in [3.05, 3.63) is 18.5 Å². The number of aliphatic carboxylic acids is 2. The highest BCUT2D eigenvalue weighted by Crippen LogP contribution is 2.02. The fourth-order valence-corrected chi connectivity index (χ4v) is 0.904. The minimum Gasteiger partial charge on any atom is -0.481 e.